The maximum Gasteiger partial charge on any atom is 0.00670 e. The van der Waals surface area contributed by atoms with Crippen molar-refractivity contribution < 1.29 is 0 Å². The quantitative estimate of drug-likeness (QED) is 0.606. The highest BCUT2D eigenvalue weighted by molar-refractivity contribution is 5.85. The molecule has 56 valence electrons. The Labute approximate surface area is 63.4 Å². The van der Waals surface area contributed by atoms with Crippen LogP contribution in [0, 0.1) is 5.92 Å². The molecule has 1 nitrogen and oxygen atoms in total. The van der Waals surface area contributed by atoms with Crippen molar-refractivity contribution in [1.29, 1.82) is 0 Å². The van der Waals surface area contributed by atoms with Gasteiger partial charge in [0.2, 0.25) is 0 Å². The first kappa shape index (κ1) is 9.25. The van der Waals surface area contributed by atoms with E-state index in [4.69, 9.17) is 5.73 Å². The third-order valence-corrected chi connectivity index (χ3v) is 2.24. The van der Waals surface area contributed by atoms with Crippen molar-refractivity contribution in [1.82, 2.24) is 0 Å². The van der Waals surface area contributed by atoms with Gasteiger partial charge in [-0.3, -0.25) is 0 Å². The molecule has 1 aliphatic rings. The Hall–Kier alpha value is 0.250. The molecule has 0 aromatic heterocycles. The van der Waals surface area contributed by atoms with E-state index in [1.54, 1.807) is 0 Å². The molecule has 1 aliphatic carbocycles. The summed E-state index contributed by atoms with van der Waals surface area (Å²) < 4.78 is 0. The van der Waals surface area contributed by atoms with Crippen LogP contribution in [0.25, 0.3) is 0 Å². The number of halogens is 1. The molecule has 1 saturated carbocycles. The summed E-state index contributed by atoms with van der Waals surface area (Å²) in [5.74, 6) is 0.843. The Morgan fingerprint density at radius 3 is 2.33 bits per heavy atom. The van der Waals surface area contributed by atoms with Crippen LogP contribution in [0.15, 0.2) is 0 Å². The van der Waals surface area contributed by atoms with Gasteiger partial charge < -0.3 is 5.73 Å². The predicted molar refractivity (Wildman–Crippen MR) is 42.9 cm³/mol. The van der Waals surface area contributed by atoms with Crippen LogP contribution in [0.4, 0.5) is 0 Å². The minimum Gasteiger partial charge on any atom is -0.327 e. The summed E-state index contributed by atoms with van der Waals surface area (Å²) in [6.07, 6.45) is 5.27. The van der Waals surface area contributed by atoms with Gasteiger partial charge in [-0.25, -0.2) is 0 Å². The Kier molecular flexibility index (Phi) is 4.24. The Balaban J connectivity index is 0.000000640. The molecule has 0 amide bonds. The molecular formula is C7H16ClN. The molecule has 0 unspecified atom stereocenters. The molecule has 1 fully saturated rings. The van der Waals surface area contributed by atoms with Crippen LogP contribution < -0.4 is 5.73 Å². The monoisotopic (exact) mass is 149 g/mol. The van der Waals surface area contributed by atoms with Crippen molar-refractivity contribution in [2.24, 2.45) is 11.7 Å². The van der Waals surface area contributed by atoms with Crippen LogP contribution in [0.5, 0.6) is 0 Å². The Morgan fingerprint density at radius 1 is 1.44 bits per heavy atom. The maximum absolute atomic E-state index is 5.79. The van der Waals surface area contributed by atoms with E-state index >= 15 is 0 Å². The summed E-state index contributed by atoms with van der Waals surface area (Å²) in [6.45, 7) is 2.23. The SMILES string of the molecule is CC[C@H]1CCC[C@H]1N.Cl. The van der Waals surface area contributed by atoms with E-state index in [9.17, 15) is 0 Å². The molecule has 2 atom stereocenters. The molecule has 1 rings (SSSR count). The summed E-state index contributed by atoms with van der Waals surface area (Å²) in [5, 5.41) is 0. The van der Waals surface area contributed by atoms with Crippen LogP contribution in [-0.2, 0) is 0 Å². The van der Waals surface area contributed by atoms with E-state index in [0.717, 1.165) is 5.92 Å². The third kappa shape index (κ3) is 2.15. The minimum absolute atomic E-state index is 0. The molecule has 0 saturated heterocycles. The summed E-state index contributed by atoms with van der Waals surface area (Å²) in [5.41, 5.74) is 5.79. The highest BCUT2D eigenvalue weighted by Crippen LogP contribution is 2.25. The van der Waals surface area contributed by atoms with Crippen molar-refractivity contribution in [2.45, 2.75) is 38.6 Å². The third-order valence-electron chi connectivity index (χ3n) is 2.24. The molecule has 2 N–H and O–H groups in total. The molecule has 0 bridgehead atoms. The molecule has 0 aromatic rings. The number of rotatable bonds is 1. The van der Waals surface area contributed by atoms with Crippen LogP contribution in [0.2, 0.25) is 0 Å². The smallest absolute Gasteiger partial charge is 0.00670 e. The van der Waals surface area contributed by atoms with Crippen molar-refractivity contribution in [3.63, 3.8) is 0 Å². The normalized spacial score (nSPS) is 34.0. The van der Waals surface area contributed by atoms with Crippen LogP contribution in [-0.4, -0.2) is 6.04 Å². The molecule has 0 spiro atoms. The van der Waals surface area contributed by atoms with E-state index < -0.39 is 0 Å². The van der Waals surface area contributed by atoms with Gasteiger partial charge in [-0.05, 0) is 18.8 Å². The summed E-state index contributed by atoms with van der Waals surface area (Å²) in [7, 11) is 0. The van der Waals surface area contributed by atoms with E-state index in [1.807, 2.05) is 0 Å². The van der Waals surface area contributed by atoms with Gasteiger partial charge in [0, 0.05) is 6.04 Å². The molecule has 0 aliphatic heterocycles. The van der Waals surface area contributed by atoms with E-state index in [-0.39, 0.29) is 12.4 Å². The van der Waals surface area contributed by atoms with Crippen molar-refractivity contribution in [3.8, 4) is 0 Å². The highest BCUT2D eigenvalue weighted by Gasteiger charge is 2.21. The molecule has 2 heteroatoms. The second-order valence-electron chi connectivity index (χ2n) is 2.76. The van der Waals surface area contributed by atoms with Crippen LogP contribution in [0.3, 0.4) is 0 Å². The maximum atomic E-state index is 5.79. The van der Waals surface area contributed by atoms with Gasteiger partial charge in [0.15, 0.2) is 0 Å². The van der Waals surface area contributed by atoms with Gasteiger partial charge in [0.25, 0.3) is 0 Å². The topological polar surface area (TPSA) is 26.0 Å². The lowest BCUT2D eigenvalue weighted by molar-refractivity contribution is 0.467. The standard InChI is InChI=1S/C7H15N.ClH/c1-2-6-4-3-5-7(6)8;/h6-7H,2-5,8H2,1H3;1H/t6-,7+;/m0./s1. The first-order valence-electron chi connectivity index (χ1n) is 3.60. The highest BCUT2D eigenvalue weighted by atomic mass is 35.5. The van der Waals surface area contributed by atoms with Gasteiger partial charge in [0.05, 0.1) is 0 Å². The van der Waals surface area contributed by atoms with Crippen LogP contribution in [0.1, 0.15) is 32.6 Å². The molecular weight excluding hydrogens is 134 g/mol. The average Bonchev–Trinajstić information content (AvgIpc) is 2.14. The van der Waals surface area contributed by atoms with Crippen molar-refractivity contribution in [2.75, 3.05) is 0 Å². The summed E-state index contributed by atoms with van der Waals surface area (Å²) in [6, 6.07) is 0.528. The van der Waals surface area contributed by atoms with E-state index in [1.165, 1.54) is 25.7 Å². The van der Waals surface area contributed by atoms with Gasteiger partial charge in [-0.15, -0.1) is 12.4 Å². The Morgan fingerprint density at radius 2 is 2.11 bits per heavy atom. The number of hydrogen-bond donors (Lipinski definition) is 1. The Bertz CT molecular complexity index is 75.3. The van der Waals surface area contributed by atoms with Gasteiger partial charge in [-0.2, -0.15) is 0 Å². The van der Waals surface area contributed by atoms with Crippen molar-refractivity contribution >= 4 is 12.4 Å². The lowest BCUT2D eigenvalue weighted by atomic mass is 10.0. The molecule has 0 radical (unpaired) electrons. The molecule has 0 aromatic carbocycles. The van der Waals surface area contributed by atoms with Crippen LogP contribution >= 0.6 is 12.4 Å². The zero-order chi connectivity index (χ0) is 5.98. The van der Waals surface area contributed by atoms with Gasteiger partial charge in [0.1, 0.15) is 0 Å². The lowest BCUT2D eigenvalue weighted by Crippen LogP contribution is -2.23. The lowest BCUT2D eigenvalue weighted by Gasteiger charge is -2.10. The first-order chi connectivity index (χ1) is 3.84. The zero-order valence-corrected chi connectivity index (χ0v) is 6.79. The minimum atomic E-state index is 0. The second-order valence-corrected chi connectivity index (χ2v) is 2.76. The fraction of sp³-hybridized carbons (Fsp3) is 1.00. The van der Waals surface area contributed by atoms with Crippen molar-refractivity contribution in [3.05, 3.63) is 0 Å². The molecule has 0 heterocycles. The van der Waals surface area contributed by atoms with E-state index in [2.05, 4.69) is 6.92 Å². The fourth-order valence-corrected chi connectivity index (χ4v) is 1.57. The largest absolute Gasteiger partial charge is 0.327 e. The number of hydrogen-bond acceptors (Lipinski definition) is 1. The van der Waals surface area contributed by atoms with Gasteiger partial charge >= 0.3 is 0 Å². The summed E-state index contributed by atoms with van der Waals surface area (Å²) >= 11 is 0. The molecule has 9 heavy (non-hydrogen) atoms. The zero-order valence-electron chi connectivity index (χ0n) is 5.97. The van der Waals surface area contributed by atoms with Gasteiger partial charge in [-0.1, -0.05) is 19.8 Å². The van der Waals surface area contributed by atoms with E-state index in [0.29, 0.717) is 6.04 Å². The fourth-order valence-electron chi connectivity index (χ4n) is 1.57. The first-order valence-corrected chi connectivity index (χ1v) is 3.60. The number of nitrogens with two attached hydrogens (primary N) is 1. The predicted octanol–water partition coefficient (Wildman–Crippen LogP) is 1.95. The summed E-state index contributed by atoms with van der Waals surface area (Å²) in [4.78, 5) is 0. The average molecular weight is 150 g/mol. The second kappa shape index (κ2) is 4.13.